The molecule has 5 aromatic rings. The number of nitrogens with two attached hydrogens (primary N) is 3. The number of nitrogens with zero attached hydrogens (tertiary/aromatic N) is 5. The highest BCUT2D eigenvalue weighted by molar-refractivity contribution is 8.00. The molecule has 0 bridgehead atoms. The lowest BCUT2D eigenvalue weighted by Gasteiger charge is -2.43. The summed E-state index contributed by atoms with van der Waals surface area (Å²) in [7, 11) is 1.26. The fraction of sp³-hybridized carbons (Fsp3) is 0.413. The van der Waals surface area contributed by atoms with Gasteiger partial charge in [0.05, 0.1) is 84.5 Å². The number of rotatable bonds is 30. The number of fused-ring (bicyclic) bond motifs is 4. The number of carboxylic acid groups (broad SMARTS) is 3. The number of carbonyl (C=O) groups excluding carboxylic acids is 9. The molecule has 4 aliphatic rings. The summed E-state index contributed by atoms with van der Waals surface area (Å²) in [5, 5.41) is 101. The van der Waals surface area contributed by atoms with Crippen LogP contribution in [0.3, 0.4) is 0 Å². The van der Waals surface area contributed by atoms with Crippen LogP contribution in [0.2, 0.25) is 0 Å². The molecule has 39 nitrogen and oxygen atoms in total. The van der Waals surface area contributed by atoms with Gasteiger partial charge in [0, 0.05) is 91.4 Å². The van der Waals surface area contributed by atoms with E-state index in [1.807, 2.05) is 0 Å². The highest BCUT2D eigenvalue weighted by atomic mass is 32.2. The molecule has 3 aromatic carbocycles. The number of nitrogen functional groups attached to an aromatic ring is 1. The summed E-state index contributed by atoms with van der Waals surface area (Å²) in [5.41, 5.74) is 14.9. The zero-order chi connectivity index (χ0) is 75.0. The van der Waals surface area contributed by atoms with Gasteiger partial charge < -0.3 is 98.8 Å². The molecule has 4 heterocycles. The standard InChI is InChI=1S/C63H71N15O24S/c1-24-49(85)30(64)14-43(101-24)102-36-18-63(99,17-29-45(36)53(89)47-46(51(29)87)50(86)28-4-3-5-35(100-2)44(28)52(47)88)38(22-79)76-77-40(81)12-13-78-41(82)16-37(59(78)94)103-23-34(61(97)98)73-57(92)33(15-42(83)84)72-56(91)31(65)21-68-39(80)11-10-32(60(95)96)71-55(90)25-6-8-26(9-7-25)67-19-27-20-69-54-48(70-27)58(93)75-62(66)74-54/h3-9,20,24,30-34,36-37,43,49,67,79,85,87,89,99H,10-19,21-23,64-65H2,1-2H3,(H,68,80)(H,71,90)(H,72,91)(H,73,92)(H,77,81)(H,83,84)(H,95,96)(H,97,98)(H3,66,69,74,75,93)/b76-38-/t24?,30-,31+,32-,33+,34+,36+,37?,43+,49-,63+/m1/s1. The predicted molar refractivity (Wildman–Crippen MR) is 354 cm³/mol. The van der Waals surface area contributed by atoms with Crippen LogP contribution in [-0.4, -0.2) is 234 Å². The lowest BCUT2D eigenvalue weighted by Crippen LogP contribution is -2.57. The monoisotopic (exact) mass is 1450 g/mol. The van der Waals surface area contributed by atoms with Crippen molar-refractivity contribution in [2.45, 2.75) is 130 Å². The van der Waals surface area contributed by atoms with E-state index in [2.05, 4.69) is 57.0 Å². The Hall–Kier alpha value is -11.1. The van der Waals surface area contributed by atoms with Crippen LogP contribution in [0.1, 0.15) is 117 Å². The summed E-state index contributed by atoms with van der Waals surface area (Å²) in [6.45, 7) is -0.727. The minimum Gasteiger partial charge on any atom is -0.507 e. The SMILES string of the molecule is COc1cccc2c1C(=O)c1c(O)c3c(c(O)c1C2=O)C[C@@](O)(/C(CO)=N\NC(=O)CCN1C(=O)CC(SC[C@H](NC(=O)[C@H](CC(=O)O)NC(=O)[C@@H](N)CNC(=O)CC[C@@H](NC(=O)c2ccc(NCc4cnc5nc(N)[nH]c(=O)c5n4)cc2)C(=O)O)C(=O)O)C1=O)C[C@@H]3O[C@H]1C[C@@H](N)[C@H](O)C(C)O1. The number of aliphatic hydroxyl groups excluding tert-OH is 2. The van der Waals surface area contributed by atoms with E-state index in [9.17, 15) is 103 Å². The number of aliphatic hydroxyl groups is 3. The Morgan fingerprint density at radius 3 is 2.25 bits per heavy atom. The van der Waals surface area contributed by atoms with Gasteiger partial charge in [-0.15, -0.1) is 11.8 Å². The number of carbonyl (C=O) groups is 12. The van der Waals surface area contributed by atoms with Crippen molar-refractivity contribution in [2.24, 2.45) is 16.6 Å². The van der Waals surface area contributed by atoms with Crippen molar-refractivity contribution in [3.05, 3.63) is 104 Å². The van der Waals surface area contributed by atoms with Crippen LogP contribution in [0, 0.1) is 0 Å². The number of H-pyrrole nitrogens is 1. The van der Waals surface area contributed by atoms with Crippen molar-refractivity contribution in [2.75, 3.05) is 43.6 Å². The van der Waals surface area contributed by atoms with Gasteiger partial charge in [0.25, 0.3) is 11.5 Å². The van der Waals surface area contributed by atoms with E-state index in [4.69, 9.17) is 31.4 Å². The number of benzene rings is 3. The molecule has 103 heavy (non-hydrogen) atoms. The molecule has 2 aliphatic heterocycles. The number of phenols is 2. The van der Waals surface area contributed by atoms with E-state index in [0.717, 1.165) is 0 Å². The number of imide groups is 1. The number of aromatic amines is 1. The van der Waals surface area contributed by atoms with Crippen LogP contribution in [0.15, 0.2) is 58.6 Å². The Balaban J connectivity index is 0.747. The molecule has 2 aliphatic carbocycles. The van der Waals surface area contributed by atoms with E-state index < -0.39 is 241 Å². The predicted octanol–water partition coefficient (Wildman–Crippen LogP) is -3.99. The molecular weight excluding hydrogens is 1380 g/mol. The number of hydrogen-bond acceptors (Lipinski definition) is 30. The number of anilines is 2. The minimum absolute atomic E-state index is 0.0110. The minimum atomic E-state index is -2.41. The normalized spacial score (nSPS) is 21.2. The Morgan fingerprint density at radius 2 is 1.58 bits per heavy atom. The maximum Gasteiger partial charge on any atom is 0.327 e. The van der Waals surface area contributed by atoms with E-state index in [1.54, 1.807) is 0 Å². The van der Waals surface area contributed by atoms with Gasteiger partial charge in [-0.25, -0.2) is 25.0 Å². The zero-order valence-corrected chi connectivity index (χ0v) is 55.4. The second-order valence-electron chi connectivity index (χ2n) is 24.3. The molecule has 0 radical (unpaired) electrons. The molecule has 2 unspecified atom stereocenters. The number of nitrogens with one attached hydrogen (secondary N) is 7. The van der Waals surface area contributed by atoms with Gasteiger partial charge in [0.15, 0.2) is 23.2 Å². The largest absolute Gasteiger partial charge is 0.507 e. The molecule has 7 amide bonds. The quantitative estimate of drug-likeness (QED) is 0.00885. The maximum atomic E-state index is 14.2. The number of likely N-dealkylation sites (tertiary alicyclic amines) is 1. The van der Waals surface area contributed by atoms with Crippen molar-refractivity contribution in [1.29, 1.82) is 0 Å². The third-order valence-electron chi connectivity index (χ3n) is 17.2. The Bertz CT molecular complexity index is 4340. The average molecular weight is 1450 g/mol. The summed E-state index contributed by atoms with van der Waals surface area (Å²) in [4.78, 5) is 185. The molecule has 548 valence electrons. The molecule has 40 heteroatoms. The summed E-state index contributed by atoms with van der Waals surface area (Å²) in [6, 6.07) is 1.90. The van der Waals surface area contributed by atoms with Crippen LogP contribution >= 0.6 is 11.8 Å². The van der Waals surface area contributed by atoms with Crippen molar-refractivity contribution >= 4 is 111 Å². The topological polar surface area (TPSA) is 632 Å². The van der Waals surface area contributed by atoms with Gasteiger partial charge >= 0.3 is 17.9 Å². The number of hydrogen-bond donors (Lipinski definition) is 18. The molecular formula is C63H71N15O24S. The van der Waals surface area contributed by atoms with Crippen molar-refractivity contribution < 1.29 is 113 Å². The Kier molecular flexibility index (Phi) is 23.8. The smallest absolute Gasteiger partial charge is 0.327 e. The first kappa shape index (κ1) is 76.0. The van der Waals surface area contributed by atoms with Crippen molar-refractivity contribution in [3.8, 4) is 17.2 Å². The van der Waals surface area contributed by atoms with Crippen molar-refractivity contribution in [3.63, 3.8) is 0 Å². The van der Waals surface area contributed by atoms with Crippen LogP contribution in [-0.2, 0) is 65.6 Å². The third-order valence-corrected chi connectivity index (χ3v) is 18.5. The van der Waals surface area contributed by atoms with E-state index in [1.165, 1.54) is 62.7 Å². The number of aliphatic carboxylic acids is 3. The molecule has 2 aromatic heterocycles. The van der Waals surface area contributed by atoms with E-state index in [-0.39, 0.29) is 63.6 Å². The first-order chi connectivity index (χ1) is 48.8. The number of ether oxygens (including phenoxy) is 3. The molecule has 0 saturated carbocycles. The fourth-order valence-corrected chi connectivity index (χ4v) is 13.0. The number of hydrazone groups is 1. The Labute approximate surface area is 584 Å². The van der Waals surface area contributed by atoms with Crippen LogP contribution < -0.4 is 59.5 Å². The molecule has 2 saturated heterocycles. The van der Waals surface area contributed by atoms with Crippen LogP contribution in [0.4, 0.5) is 11.6 Å². The number of aromatic hydroxyl groups is 2. The van der Waals surface area contributed by atoms with Gasteiger partial charge in [-0.05, 0) is 43.7 Å². The molecule has 2 fully saturated rings. The average Bonchev–Trinajstić information content (AvgIpc) is 0.961. The third kappa shape index (κ3) is 17.3. The van der Waals surface area contributed by atoms with Crippen molar-refractivity contribution in [1.82, 2.24) is 51.5 Å². The lowest BCUT2D eigenvalue weighted by molar-refractivity contribution is -0.245. The zero-order valence-electron chi connectivity index (χ0n) is 54.6. The summed E-state index contributed by atoms with van der Waals surface area (Å²) in [5.74, 6) is -16.0. The summed E-state index contributed by atoms with van der Waals surface area (Å²) >= 11 is 0.596. The molecule has 11 atom stereocenters. The summed E-state index contributed by atoms with van der Waals surface area (Å²) < 4.78 is 17.4. The fourth-order valence-electron chi connectivity index (χ4n) is 11.8. The van der Waals surface area contributed by atoms with Gasteiger partial charge in [-0.1, -0.05) is 12.1 Å². The second kappa shape index (κ2) is 32.2. The lowest BCUT2D eigenvalue weighted by atomic mass is 9.71. The molecule has 9 rings (SSSR count). The van der Waals surface area contributed by atoms with Gasteiger partial charge in [-0.3, -0.25) is 62.6 Å². The summed E-state index contributed by atoms with van der Waals surface area (Å²) in [6.07, 6.45) is -8.25. The van der Waals surface area contributed by atoms with Crippen LogP contribution in [0.5, 0.6) is 17.2 Å². The van der Waals surface area contributed by atoms with E-state index in [0.29, 0.717) is 28.0 Å². The van der Waals surface area contributed by atoms with Crippen LogP contribution in [0.25, 0.3) is 11.2 Å². The number of ketones is 2. The molecule has 0 spiro atoms. The maximum absolute atomic E-state index is 14.2. The number of aromatic nitrogens is 4. The Morgan fingerprint density at radius 1 is 0.883 bits per heavy atom. The molecule has 21 N–H and O–H groups in total. The number of thioether (sulfide) groups is 1. The highest BCUT2D eigenvalue weighted by Crippen LogP contribution is 2.53. The number of phenolic OH excluding ortho intramolecular Hbond substituents is 2. The van der Waals surface area contributed by atoms with Gasteiger partial charge in [0.1, 0.15) is 47.0 Å². The second-order valence-corrected chi connectivity index (χ2v) is 25.5. The van der Waals surface area contributed by atoms with Gasteiger partial charge in [-0.2, -0.15) is 10.1 Å². The van der Waals surface area contributed by atoms with E-state index >= 15 is 0 Å². The number of methoxy groups -OCH3 is 1. The highest BCUT2D eigenvalue weighted by Gasteiger charge is 2.50. The van der Waals surface area contributed by atoms with Gasteiger partial charge in [0.2, 0.25) is 47.2 Å². The number of amides is 7. The number of carboxylic acids is 3. The first-order valence-electron chi connectivity index (χ1n) is 31.5. The first-order valence-corrected chi connectivity index (χ1v) is 32.6.